The Bertz CT molecular complexity index is 345. The van der Waals surface area contributed by atoms with Gasteiger partial charge in [-0.2, -0.15) is 0 Å². The number of hydrogen-bond donors (Lipinski definition) is 1. The van der Waals surface area contributed by atoms with Crippen LogP contribution in [-0.2, 0) is 9.22 Å². The molecular weight excluding hydrogens is 286 g/mol. The highest BCUT2D eigenvalue weighted by Crippen LogP contribution is 2.20. The maximum Gasteiger partial charge on any atom is 0.328 e. The predicted octanol–water partition coefficient (Wildman–Crippen LogP) is 3.39. The topological polar surface area (TPSA) is 49.8 Å². The van der Waals surface area contributed by atoms with Gasteiger partial charge in [0, 0.05) is 24.8 Å². The average Bonchev–Trinajstić information content (AvgIpc) is 2.20. The van der Waals surface area contributed by atoms with E-state index < -0.39 is 22.5 Å². The number of nitrogens with zero attached hydrogens (tertiary/aromatic N) is 1. The largest absolute Gasteiger partial charge is 0.478 e. The first-order chi connectivity index (χ1) is 8.84. The highest BCUT2D eigenvalue weighted by molar-refractivity contribution is 6.73. The molecular formula is C14H31NO3Si2. The van der Waals surface area contributed by atoms with Crippen LogP contribution in [0.1, 0.15) is 13.8 Å². The number of carbonyl (C=O) groups is 1. The molecule has 0 radical (unpaired) electrons. The molecule has 0 aromatic rings. The summed E-state index contributed by atoms with van der Waals surface area (Å²) in [6.45, 7) is 18.3. The van der Waals surface area contributed by atoms with Crippen LogP contribution in [0.25, 0.3) is 0 Å². The van der Waals surface area contributed by atoms with Gasteiger partial charge in [0.05, 0.1) is 0 Å². The first-order valence-electron chi connectivity index (χ1n) is 7.18. The van der Waals surface area contributed by atoms with Gasteiger partial charge in [-0.05, 0) is 33.5 Å². The van der Waals surface area contributed by atoms with Crippen LogP contribution >= 0.6 is 0 Å². The maximum atomic E-state index is 10.7. The van der Waals surface area contributed by atoms with E-state index in [1.165, 1.54) is 6.08 Å². The molecule has 0 rings (SSSR count). The van der Waals surface area contributed by atoms with Gasteiger partial charge >= 0.3 is 5.97 Å². The van der Waals surface area contributed by atoms with Crippen LogP contribution in [0.5, 0.6) is 0 Å². The number of hydrogen-bond acceptors (Lipinski definition) is 3. The first-order valence-corrected chi connectivity index (χ1v) is 14.0. The van der Waals surface area contributed by atoms with Crippen molar-refractivity contribution in [2.45, 2.75) is 65.2 Å². The number of aliphatic carboxylic acids is 1. The van der Waals surface area contributed by atoms with Crippen molar-refractivity contribution in [3.8, 4) is 0 Å². The predicted molar refractivity (Wildman–Crippen MR) is 90.2 cm³/mol. The zero-order valence-corrected chi connectivity index (χ0v) is 16.2. The van der Waals surface area contributed by atoms with Crippen molar-refractivity contribution in [2.24, 2.45) is 0 Å². The summed E-state index contributed by atoms with van der Waals surface area (Å²) in [5.74, 6) is -0.890. The van der Waals surface area contributed by atoms with Crippen LogP contribution in [0, 0.1) is 0 Å². The molecule has 0 bridgehead atoms. The van der Waals surface area contributed by atoms with E-state index in [-0.39, 0.29) is 6.04 Å². The molecule has 0 aliphatic rings. The van der Waals surface area contributed by atoms with Crippen LogP contribution in [0.4, 0.5) is 0 Å². The van der Waals surface area contributed by atoms with Crippen molar-refractivity contribution in [1.82, 2.24) is 4.57 Å². The van der Waals surface area contributed by atoms with E-state index in [0.717, 1.165) is 0 Å². The maximum absolute atomic E-state index is 10.7. The van der Waals surface area contributed by atoms with Gasteiger partial charge in [-0.1, -0.05) is 25.7 Å². The van der Waals surface area contributed by atoms with Gasteiger partial charge < -0.3 is 14.1 Å². The van der Waals surface area contributed by atoms with Crippen molar-refractivity contribution in [3.05, 3.63) is 12.2 Å². The number of carboxylic acids is 1. The molecule has 118 valence electrons. The lowest BCUT2D eigenvalue weighted by atomic mass is 10.2. The lowest BCUT2D eigenvalue weighted by Crippen LogP contribution is -2.56. The van der Waals surface area contributed by atoms with Crippen molar-refractivity contribution >= 4 is 22.5 Å². The Hall–Kier alpha value is -0.436. The SMILES string of the molecule is CC(C=CC(=O)O)N(C(C)CO[Si](C)(C)C)[Si](C)(C)C. The minimum absolute atomic E-state index is 0.109. The van der Waals surface area contributed by atoms with Gasteiger partial charge in [0.25, 0.3) is 0 Å². The average molecular weight is 318 g/mol. The molecule has 0 aliphatic carbocycles. The summed E-state index contributed by atoms with van der Waals surface area (Å²) in [4.78, 5) is 10.7. The van der Waals surface area contributed by atoms with E-state index in [4.69, 9.17) is 9.53 Å². The van der Waals surface area contributed by atoms with Crippen LogP contribution in [-0.4, -0.2) is 50.9 Å². The molecule has 0 aromatic carbocycles. The van der Waals surface area contributed by atoms with Crippen molar-refractivity contribution in [3.63, 3.8) is 0 Å². The third-order valence-corrected chi connectivity index (χ3v) is 6.39. The highest BCUT2D eigenvalue weighted by atomic mass is 28.4. The van der Waals surface area contributed by atoms with Gasteiger partial charge in [-0.15, -0.1) is 0 Å². The summed E-state index contributed by atoms with van der Waals surface area (Å²) >= 11 is 0. The Morgan fingerprint density at radius 2 is 1.70 bits per heavy atom. The molecule has 0 saturated carbocycles. The molecule has 1 N–H and O–H groups in total. The van der Waals surface area contributed by atoms with Crippen molar-refractivity contribution in [1.29, 1.82) is 0 Å². The molecule has 0 saturated heterocycles. The zero-order chi connectivity index (χ0) is 16.1. The summed E-state index contributed by atoms with van der Waals surface area (Å²) in [7, 11) is -3.08. The minimum atomic E-state index is -1.56. The fourth-order valence-electron chi connectivity index (χ4n) is 2.44. The molecule has 20 heavy (non-hydrogen) atoms. The van der Waals surface area contributed by atoms with Gasteiger partial charge in [0.1, 0.15) is 8.24 Å². The fraction of sp³-hybridized carbons (Fsp3) is 0.786. The normalized spacial score (nSPS) is 16.6. The Morgan fingerprint density at radius 1 is 1.20 bits per heavy atom. The summed E-state index contributed by atoms with van der Waals surface area (Å²) < 4.78 is 8.46. The smallest absolute Gasteiger partial charge is 0.328 e. The Kier molecular flexibility index (Phi) is 7.37. The molecule has 6 heteroatoms. The molecule has 0 amide bonds. The van der Waals surface area contributed by atoms with E-state index in [2.05, 4.69) is 57.7 Å². The number of rotatable bonds is 8. The van der Waals surface area contributed by atoms with Gasteiger partial charge in [0.15, 0.2) is 8.32 Å². The molecule has 0 fully saturated rings. The van der Waals surface area contributed by atoms with E-state index in [0.29, 0.717) is 12.6 Å². The Morgan fingerprint density at radius 3 is 2.05 bits per heavy atom. The quantitative estimate of drug-likeness (QED) is 0.551. The summed E-state index contributed by atoms with van der Waals surface area (Å²) in [6, 6.07) is 0.403. The van der Waals surface area contributed by atoms with Gasteiger partial charge in [0.2, 0.25) is 0 Å². The summed E-state index contributed by atoms with van der Waals surface area (Å²) in [6.07, 6.45) is 3.01. The van der Waals surface area contributed by atoms with E-state index in [1.54, 1.807) is 6.08 Å². The Balaban J connectivity index is 4.93. The van der Waals surface area contributed by atoms with Crippen molar-refractivity contribution in [2.75, 3.05) is 6.61 Å². The standard InChI is InChI=1S/C14H31NO3Si2/c1-12(9-10-14(16)17)15(19(3,4)5)13(2)11-18-20(6,7)8/h9-10,12-13H,11H2,1-8H3,(H,16,17). The molecule has 0 spiro atoms. The van der Waals surface area contributed by atoms with Crippen LogP contribution in [0.15, 0.2) is 12.2 Å². The van der Waals surface area contributed by atoms with E-state index in [1.807, 2.05) is 0 Å². The molecule has 2 unspecified atom stereocenters. The summed E-state index contributed by atoms with van der Waals surface area (Å²) in [5.41, 5.74) is 0. The minimum Gasteiger partial charge on any atom is -0.478 e. The lowest BCUT2D eigenvalue weighted by molar-refractivity contribution is -0.131. The molecule has 2 atom stereocenters. The zero-order valence-electron chi connectivity index (χ0n) is 14.2. The van der Waals surface area contributed by atoms with Gasteiger partial charge in [-0.3, -0.25) is 0 Å². The Labute approximate surface area is 126 Å². The highest BCUT2D eigenvalue weighted by Gasteiger charge is 2.32. The third-order valence-electron chi connectivity index (χ3n) is 2.96. The second-order valence-electron chi connectivity index (χ2n) is 7.29. The van der Waals surface area contributed by atoms with Crippen molar-refractivity contribution < 1.29 is 14.3 Å². The van der Waals surface area contributed by atoms with E-state index in [9.17, 15) is 4.79 Å². The molecule has 0 aromatic heterocycles. The van der Waals surface area contributed by atoms with Crippen LogP contribution < -0.4 is 0 Å². The first kappa shape index (κ1) is 19.6. The lowest BCUT2D eigenvalue weighted by Gasteiger charge is -2.43. The van der Waals surface area contributed by atoms with Crippen LogP contribution in [0.2, 0.25) is 39.3 Å². The second-order valence-corrected chi connectivity index (χ2v) is 16.7. The molecule has 0 aliphatic heterocycles. The monoisotopic (exact) mass is 317 g/mol. The summed E-state index contributed by atoms with van der Waals surface area (Å²) in [5, 5.41) is 8.78. The third kappa shape index (κ3) is 7.99. The molecule has 4 nitrogen and oxygen atoms in total. The van der Waals surface area contributed by atoms with E-state index >= 15 is 0 Å². The fourth-order valence-corrected chi connectivity index (χ4v) is 5.88. The second kappa shape index (κ2) is 7.54. The molecule has 0 heterocycles. The van der Waals surface area contributed by atoms with Crippen LogP contribution in [0.3, 0.4) is 0 Å². The van der Waals surface area contributed by atoms with Gasteiger partial charge in [-0.25, -0.2) is 4.79 Å². The number of carboxylic acid groups (broad SMARTS) is 1.